The van der Waals surface area contributed by atoms with Crippen LogP contribution in [0.4, 0.5) is 5.95 Å². The monoisotopic (exact) mass is 373 g/mol. The molecule has 4 heteroatoms. The zero-order valence-electron chi connectivity index (χ0n) is 16.0. The lowest BCUT2D eigenvalue weighted by molar-refractivity contribution is 0.559. The van der Waals surface area contributed by atoms with Crippen molar-refractivity contribution in [3.05, 3.63) is 35.5 Å². The van der Waals surface area contributed by atoms with Gasteiger partial charge in [-0.1, -0.05) is 75.6 Å². The van der Waals surface area contributed by atoms with Gasteiger partial charge in [-0.15, -0.1) is 0 Å². The summed E-state index contributed by atoms with van der Waals surface area (Å²) in [5, 5.41) is 4.48. The Kier molecular flexibility index (Phi) is 7.43. The largest absolute Gasteiger partial charge is 0.353 e. The van der Waals surface area contributed by atoms with Crippen molar-refractivity contribution < 1.29 is 0 Å². The zero-order valence-corrected chi connectivity index (χ0v) is 16.8. The maximum atomic E-state index is 6.07. The van der Waals surface area contributed by atoms with Gasteiger partial charge in [-0.05, 0) is 37.0 Å². The van der Waals surface area contributed by atoms with Gasteiger partial charge in [-0.25, -0.2) is 4.98 Å². The molecule has 3 rings (SSSR count). The highest BCUT2D eigenvalue weighted by Crippen LogP contribution is 2.28. The number of imidazole rings is 1. The predicted molar refractivity (Wildman–Crippen MR) is 112 cm³/mol. The number of aromatic nitrogens is 2. The Morgan fingerprint density at radius 3 is 2.46 bits per heavy atom. The van der Waals surface area contributed by atoms with Gasteiger partial charge in [-0.2, -0.15) is 0 Å². The van der Waals surface area contributed by atoms with E-state index in [0.29, 0.717) is 6.04 Å². The van der Waals surface area contributed by atoms with Crippen molar-refractivity contribution >= 4 is 17.5 Å². The van der Waals surface area contributed by atoms with Crippen LogP contribution in [0.15, 0.2) is 30.5 Å². The maximum Gasteiger partial charge on any atom is 0.203 e. The van der Waals surface area contributed by atoms with Crippen molar-refractivity contribution in [3.8, 4) is 11.3 Å². The zero-order chi connectivity index (χ0) is 18.2. The highest BCUT2D eigenvalue weighted by atomic mass is 35.5. The average molecular weight is 374 g/mol. The molecular formula is C22H32ClN3. The minimum Gasteiger partial charge on any atom is -0.353 e. The molecule has 142 valence electrons. The molecule has 3 nitrogen and oxygen atoms in total. The average Bonchev–Trinajstić information content (AvgIpc) is 3.30. The number of hydrogen-bond donors (Lipinski definition) is 1. The molecular weight excluding hydrogens is 342 g/mol. The molecule has 1 heterocycles. The summed E-state index contributed by atoms with van der Waals surface area (Å²) in [6.07, 6.45) is 15.1. The third-order valence-corrected chi connectivity index (χ3v) is 5.67. The molecule has 1 aliphatic carbocycles. The smallest absolute Gasteiger partial charge is 0.203 e. The first-order valence-corrected chi connectivity index (χ1v) is 10.7. The molecule has 0 spiro atoms. The first kappa shape index (κ1) is 19.3. The number of halogens is 1. The highest BCUT2D eigenvalue weighted by Gasteiger charge is 2.18. The van der Waals surface area contributed by atoms with Gasteiger partial charge in [0.1, 0.15) is 0 Å². The Balaban J connectivity index is 1.70. The second-order valence-electron chi connectivity index (χ2n) is 7.52. The Hall–Kier alpha value is -1.48. The van der Waals surface area contributed by atoms with Crippen LogP contribution in [-0.4, -0.2) is 15.6 Å². The van der Waals surface area contributed by atoms with Crippen LogP contribution in [0.1, 0.15) is 71.1 Å². The molecule has 0 amide bonds. The van der Waals surface area contributed by atoms with Gasteiger partial charge >= 0.3 is 0 Å². The first-order chi connectivity index (χ1) is 12.8. The van der Waals surface area contributed by atoms with Crippen molar-refractivity contribution in [3.63, 3.8) is 0 Å². The van der Waals surface area contributed by atoms with Crippen LogP contribution >= 0.6 is 11.6 Å². The predicted octanol–water partition coefficient (Wildman–Crippen LogP) is 6.92. The van der Waals surface area contributed by atoms with Gasteiger partial charge < -0.3 is 9.88 Å². The minimum absolute atomic E-state index is 0.582. The molecule has 26 heavy (non-hydrogen) atoms. The van der Waals surface area contributed by atoms with Crippen LogP contribution in [-0.2, 0) is 6.54 Å². The van der Waals surface area contributed by atoms with Crippen molar-refractivity contribution in [2.75, 3.05) is 5.32 Å². The van der Waals surface area contributed by atoms with Gasteiger partial charge in [0.2, 0.25) is 5.95 Å². The number of unbranched alkanes of at least 4 members (excludes halogenated alkanes) is 5. The van der Waals surface area contributed by atoms with Gasteiger partial charge in [-0.3, -0.25) is 0 Å². The lowest BCUT2D eigenvalue weighted by Crippen LogP contribution is -2.18. The lowest BCUT2D eigenvalue weighted by atomic mass is 10.1. The van der Waals surface area contributed by atoms with Crippen LogP contribution < -0.4 is 5.32 Å². The fraction of sp³-hybridized carbons (Fsp3) is 0.591. The molecule has 0 bridgehead atoms. The van der Waals surface area contributed by atoms with Gasteiger partial charge in [0, 0.05) is 17.6 Å². The molecule has 0 saturated heterocycles. The van der Waals surface area contributed by atoms with Crippen LogP contribution in [0.5, 0.6) is 0 Å². The summed E-state index contributed by atoms with van der Waals surface area (Å²) in [5.74, 6) is 1.04. The number of nitrogens with zero attached hydrogens (tertiary/aromatic N) is 2. The highest BCUT2D eigenvalue weighted by molar-refractivity contribution is 6.30. The standard InChI is InChI=1S/C22H32ClN3/c1-2-3-4-5-6-9-16-26-21(18-12-14-19(23)15-13-18)17-24-22(26)25-20-10-7-8-11-20/h12-15,17,20H,2-11,16H2,1H3,(H,24,25). The molecule has 0 radical (unpaired) electrons. The van der Waals surface area contributed by atoms with Crippen LogP contribution in [0.3, 0.4) is 0 Å². The quantitative estimate of drug-likeness (QED) is 0.458. The van der Waals surface area contributed by atoms with E-state index in [1.54, 1.807) is 0 Å². The van der Waals surface area contributed by atoms with Gasteiger partial charge in [0.05, 0.1) is 11.9 Å². The number of hydrogen-bond acceptors (Lipinski definition) is 2. The van der Waals surface area contributed by atoms with Crippen LogP contribution in [0, 0.1) is 0 Å². The normalized spacial score (nSPS) is 14.8. The van der Waals surface area contributed by atoms with E-state index in [1.807, 2.05) is 18.3 Å². The fourth-order valence-corrected chi connectivity index (χ4v) is 4.00. The Morgan fingerprint density at radius 1 is 1.04 bits per heavy atom. The summed E-state index contributed by atoms with van der Waals surface area (Å²) in [6.45, 7) is 3.30. The van der Waals surface area contributed by atoms with Crippen molar-refractivity contribution in [1.29, 1.82) is 0 Å². The van der Waals surface area contributed by atoms with E-state index >= 15 is 0 Å². The Morgan fingerprint density at radius 2 is 1.73 bits per heavy atom. The van der Waals surface area contributed by atoms with E-state index in [0.717, 1.165) is 17.5 Å². The Labute approximate surface area is 163 Å². The first-order valence-electron chi connectivity index (χ1n) is 10.4. The van der Waals surface area contributed by atoms with Crippen molar-refractivity contribution in [1.82, 2.24) is 9.55 Å². The molecule has 1 saturated carbocycles. The van der Waals surface area contributed by atoms with E-state index in [-0.39, 0.29) is 0 Å². The van der Waals surface area contributed by atoms with Gasteiger partial charge in [0.15, 0.2) is 0 Å². The molecule has 0 atom stereocenters. The number of rotatable bonds is 10. The van der Waals surface area contributed by atoms with E-state index < -0.39 is 0 Å². The molecule has 1 N–H and O–H groups in total. The number of anilines is 1. The summed E-state index contributed by atoms with van der Waals surface area (Å²) in [7, 11) is 0. The summed E-state index contributed by atoms with van der Waals surface area (Å²) in [5.41, 5.74) is 2.38. The minimum atomic E-state index is 0.582. The molecule has 0 aliphatic heterocycles. The summed E-state index contributed by atoms with van der Waals surface area (Å²) >= 11 is 6.07. The van der Waals surface area contributed by atoms with E-state index in [1.165, 1.54) is 75.5 Å². The molecule has 1 aliphatic rings. The number of nitrogens with one attached hydrogen (secondary N) is 1. The van der Waals surface area contributed by atoms with Crippen molar-refractivity contribution in [2.45, 2.75) is 83.7 Å². The van der Waals surface area contributed by atoms with Gasteiger partial charge in [0.25, 0.3) is 0 Å². The SMILES string of the molecule is CCCCCCCCn1c(-c2ccc(Cl)cc2)cnc1NC1CCCC1. The van der Waals surface area contributed by atoms with E-state index in [9.17, 15) is 0 Å². The number of benzene rings is 1. The maximum absolute atomic E-state index is 6.07. The molecule has 2 aromatic rings. The summed E-state index contributed by atoms with van der Waals surface area (Å²) < 4.78 is 2.38. The third kappa shape index (κ3) is 5.26. The molecule has 1 aromatic heterocycles. The fourth-order valence-electron chi connectivity index (χ4n) is 3.87. The van der Waals surface area contributed by atoms with E-state index in [2.05, 4.69) is 28.9 Å². The van der Waals surface area contributed by atoms with E-state index in [4.69, 9.17) is 16.6 Å². The van der Waals surface area contributed by atoms with Crippen LogP contribution in [0.25, 0.3) is 11.3 Å². The Bertz CT molecular complexity index is 657. The van der Waals surface area contributed by atoms with Crippen LogP contribution in [0.2, 0.25) is 5.02 Å². The molecule has 1 fully saturated rings. The summed E-state index contributed by atoms with van der Waals surface area (Å²) in [4.78, 5) is 4.73. The molecule has 0 unspecified atom stereocenters. The second kappa shape index (κ2) is 10.0. The molecule has 1 aromatic carbocycles. The topological polar surface area (TPSA) is 29.9 Å². The third-order valence-electron chi connectivity index (χ3n) is 5.42. The summed E-state index contributed by atoms with van der Waals surface area (Å²) in [6, 6.07) is 8.69. The lowest BCUT2D eigenvalue weighted by Gasteiger charge is -2.17. The second-order valence-corrected chi connectivity index (χ2v) is 7.96. The van der Waals surface area contributed by atoms with Crippen molar-refractivity contribution in [2.24, 2.45) is 0 Å².